The Kier molecular flexibility index (Phi) is 330. The maximum absolute atomic E-state index is 8.89. The lowest BCUT2D eigenvalue weighted by Gasteiger charge is -1.77. The van der Waals surface area contributed by atoms with Crippen LogP contribution < -0.4 is 28.7 Å². The van der Waals surface area contributed by atoms with E-state index in [4.69, 9.17) is 19.8 Å². The molecular formula is C3H17N3O5. The standard InChI is InChI=1S/C2H4O2.CH2O2.3H3N.H2O/c1-2(3)4;2-1-3;;;;/h1H3,(H,3,4);1H,(H,2,3);3*1H3;1H2. The molecule has 74 valence electrons. The maximum Gasteiger partial charge on any atom is 0.0383 e. The minimum absolute atomic E-state index is 0. The van der Waals surface area contributed by atoms with Crippen LogP contribution in [0, 0.1) is 0 Å². The molecule has 0 aliphatic rings. The summed E-state index contributed by atoms with van der Waals surface area (Å²) in [5.41, 5.74) is 0. The molecule has 8 nitrogen and oxygen atoms in total. The Hall–Kier alpha value is -1.22. The molecular weight excluding hydrogens is 158 g/mol. The van der Waals surface area contributed by atoms with Crippen LogP contribution in [0.4, 0.5) is 0 Å². The Bertz CT molecular complexity index is 64.0. The van der Waals surface area contributed by atoms with Gasteiger partial charge in [-0.1, -0.05) is 0 Å². The first-order valence-corrected chi connectivity index (χ1v) is 1.38. The third-order valence-corrected chi connectivity index (χ3v) is 0. The van der Waals surface area contributed by atoms with Gasteiger partial charge in [0.2, 0.25) is 0 Å². The summed E-state index contributed by atoms with van der Waals surface area (Å²) in [6.45, 7) is 0.472. The number of aliphatic carboxylic acids is 1. The Balaban J connectivity index is -0.00000000848. The first kappa shape index (κ1) is 52.8. The van der Waals surface area contributed by atoms with Crippen LogP contribution in [0.1, 0.15) is 6.92 Å². The smallest absolute Gasteiger partial charge is 0.0383 e. The second kappa shape index (κ2) is 68.8. The zero-order valence-electron chi connectivity index (χ0n) is 7.16. The van der Waals surface area contributed by atoms with E-state index in [9.17, 15) is 0 Å². The van der Waals surface area contributed by atoms with Crippen molar-refractivity contribution in [1.82, 2.24) is 18.5 Å². The predicted octanol–water partition coefficient (Wildman–Crippen LogP) is -1.93. The molecule has 0 aromatic rings. The number of carboxylic acids is 1. The van der Waals surface area contributed by atoms with Gasteiger partial charge in [-0.15, -0.1) is 0 Å². The molecule has 0 saturated carbocycles. The minimum Gasteiger partial charge on any atom is -0.870 e. The molecule has 0 radical (unpaired) electrons. The third-order valence-electron chi connectivity index (χ3n) is 0. The molecule has 0 aliphatic carbocycles. The molecule has 0 unspecified atom stereocenters. The zero-order chi connectivity index (χ0) is 6.28. The Morgan fingerprint density at radius 3 is 1.27 bits per heavy atom. The highest BCUT2D eigenvalue weighted by atomic mass is 16.4. The van der Waals surface area contributed by atoms with Crippen LogP contribution in [0.5, 0.6) is 0 Å². The molecule has 0 fully saturated rings. The van der Waals surface area contributed by atoms with E-state index in [-0.39, 0.29) is 23.9 Å². The molecule has 0 aromatic carbocycles. The number of hydrogen-bond donors (Lipinski definition) is 3. The van der Waals surface area contributed by atoms with Gasteiger partial charge in [-0.3, -0.25) is 0 Å². The predicted molar refractivity (Wildman–Crippen MR) is 36.6 cm³/mol. The molecule has 0 spiro atoms. The summed E-state index contributed by atoms with van der Waals surface area (Å²) >= 11 is 0. The van der Waals surface area contributed by atoms with Gasteiger partial charge in [0.25, 0.3) is 0 Å². The van der Waals surface area contributed by atoms with Crippen molar-refractivity contribution in [3.8, 4) is 0 Å². The van der Waals surface area contributed by atoms with Crippen LogP contribution in [0.2, 0.25) is 0 Å². The second-order valence-electron chi connectivity index (χ2n) is 0.588. The maximum atomic E-state index is 8.89. The molecule has 0 amide bonds. The highest BCUT2D eigenvalue weighted by Crippen LogP contribution is 1.31. The Morgan fingerprint density at radius 1 is 1.27 bits per heavy atom. The fourth-order valence-electron chi connectivity index (χ4n) is 0. The molecule has 8 heteroatoms. The van der Waals surface area contributed by atoms with Gasteiger partial charge in [0, 0.05) is 12.4 Å². The molecule has 11 heavy (non-hydrogen) atoms. The normalized spacial score (nSPS) is 3.36. The van der Waals surface area contributed by atoms with Gasteiger partial charge in [-0.25, -0.2) is 0 Å². The minimum atomic E-state index is -1.08. The fourth-order valence-corrected chi connectivity index (χ4v) is 0. The van der Waals surface area contributed by atoms with Crippen molar-refractivity contribution in [2.45, 2.75) is 6.92 Å². The van der Waals surface area contributed by atoms with Crippen molar-refractivity contribution < 1.29 is 25.3 Å². The molecule has 0 saturated heterocycles. The number of carbonyl (C=O) groups excluding carboxylic acids is 2. The van der Waals surface area contributed by atoms with Gasteiger partial charge < -0.3 is 43.7 Å². The van der Waals surface area contributed by atoms with Crippen LogP contribution in [0.25, 0.3) is 0 Å². The van der Waals surface area contributed by atoms with E-state index in [0.29, 0.717) is 0 Å². The van der Waals surface area contributed by atoms with Crippen molar-refractivity contribution >= 4 is 12.4 Å². The lowest BCUT2D eigenvalue weighted by molar-refractivity contribution is -0.302. The van der Waals surface area contributed by atoms with Gasteiger partial charge in [-0.05, 0) is 6.92 Å². The summed E-state index contributed by atoms with van der Waals surface area (Å²) in [7, 11) is 0. The molecule has 0 heterocycles. The Morgan fingerprint density at radius 2 is 1.27 bits per heavy atom. The van der Waals surface area contributed by atoms with Crippen LogP contribution >= 0.6 is 0 Å². The summed E-state index contributed by atoms with van der Waals surface area (Å²) < 4.78 is 0. The van der Waals surface area contributed by atoms with E-state index in [0.717, 1.165) is 6.92 Å². The second-order valence-corrected chi connectivity index (χ2v) is 0.588. The van der Waals surface area contributed by atoms with Crippen LogP contribution in [0.15, 0.2) is 0 Å². The average Bonchev–Trinajstić information content (AvgIpc) is 1.33. The summed E-state index contributed by atoms with van der Waals surface area (Å²) in [6, 6.07) is 0. The molecule has 13 N–H and O–H groups in total. The van der Waals surface area contributed by atoms with Gasteiger partial charge in [0.1, 0.15) is 0 Å². The number of quaternary nitrogens is 3. The van der Waals surface area contributed by atoms with E-state index in [1.807, 2.05) is 0 Å². The first-order valence-electron chi connectivity index (χ1n) is 1.38. The van der Waals surface area contributed by atoms with Gasteiger partial charge >= 0.3 is 0 Å². The molecule has 0 atom stereocenters. The van der Waals surface area contributed by atoms with E-state index in [1.54, 1.807) is 0 Å². The number of rotatable bonds is 0. The largest absolute Gasteiger partial charge is 0.870 e. The highest BCUT2D eigenvalue weighted by molar-refractivity contribution is 5.60. The van der Waals surface area contributed by atoms with Crippen LogP contribution in [-0.4, -0.2) is 17.9 Å². The Labute approximate surface area is 64.3 Å². The van der Waals surface area contributed by atoms with Gasteiger partial charge in [0.15, 0.2) is 0 Å². The van der Waals surface area contributed by atoms with Crippen LogP contribution in [-0.2, 0) is 9.59 Å². The van der Waals surface area contributed by atoms with E-state index in [1.165, 1.54) is 0 Å². The van der Waals surface area contributed by atoms with Crippen LogP contribution in [0.3, 0.4) is 0 Å². The number of hydrogen-bond acceptors (Lipinski definition) is 5. The summed E-state index contributed by atoms with van der Waals surface area (Å²) in [5, 5.41) is 17.1. The SMILES string of the molecule is CC(=O)[O-].O=C[O-].[NH4+].[NH4+].[NH4+].[OH-]. The summed E-state index contributed by atoms with van der Waals surface area (Å²) in [5.74, 6) is -1.08. The zero-order valence-corrected chi connectivity index (χ0v) is 7.16. The average molecular weight is 175 g/mol. The van der Waals surface area contributed by atoms with E-state index < -0.39 is 12.4 Å². The first-order chi connectivity index (χ1) is 3.15. The number of carboxylic acid groups (broad SMARTS) is 2. The van der Waals surface area contributed by atoms with E-state index >= 15 is 0 Å². The van der Waals surface area contributed by atoms with Crippen molar-refractivity contribution in [3.63, 3.8) is 0 Å². The summed E-state index contributed by atoms with van der Waals surface area (Å²) in [4.78, 5) is 17.1. The quantitative estimate of drug-likeness (QED) is 0.357. The molecule has 0 aliphatic heterocycles. The van der Waals surface area contributed by atoms with Crippen molar-refractivity contribution in [1.29, 1.82) is 0 Å². The fraction of sp³-hybridized carbons (Fsp3) is 0.333. The molecule has 0 aromatic heterocycles. The lowest BCUT2D eigenvalue weighted by Crippen LogP contribution is -2.16. The van der Waals surface area contributed by atoms with Gasteiger partial charge in [-0.2, -0.15) is 0 Å². The van der Waals surface area contributed by atoms with Gasteiger partial charge in [0.05, 0.1) is 0 Å². The molecule has 0 bridgehead atoms. The topological polar surface area (TPSA) is 220 Å². The van der Waals surface area contributed by atoms with Crippen molar-refractivity contribution in [2.75, 3.05) is 0 Å². The highest BCUT2D eigenvalue weighted by Gasteiger charge is 1.46. The monoisotopic (exact) mass is 175 g/mol. The lowest BCUT2D eigenvalue weighted by atomic mass is 10.9. The van der Waals surface area contributed by atoms with Crippen molar-refractivity contribution in [2.24, 2.45) is 0 Å². The third kappa shape index (κ3) is 271. The summed E-state index contributed by atoms with van der Waals surface area (Å²) in [6.07, 6.45) is 0. The molecule has 0 rings (SSSR count). The number of carbonyl (C=O) groups is 2. The van der Waals surface area contributed by atoms with E-state index in [2.05, 4.69) is 0 Å². The van der Waals surface area contributed by atoms with Crippen molar-refractivity contribution in [3.05, 3.63) is 0 Å².